The second kappa shape index (κ2) is 6.32. The molecule has 2 N–H and O–H groups in total. The number of nitrogens with two attached hydrogens (primary N) is 1. The Hall–Kier alpha value is -1.46. The highest BCUT2D eigenvalue weighted by atomic mass is 32.1. The lowest BCUT2D eigenvalue weighted by Gasteiger charge is -2.22. The average molecular weight is 248 g/mol. The molecule has 90 valence electrons. The maximum Gasteiger partial charge on any atom is 0.128 e. The molecule has 2 rings (SSSR count). The highest BCUT2D eigenvalue weighted by Gasteiger charge is 2.09. The van der Waals surface area contributed by atoms with Crippen molar-refractivity contribution in [1.82, 2.24) is 9.97 Å². The highest BCUT2D eigenvalue weighted by Crippen LogP contribution is 2.15. The molecule has 0 spiro atoms. The number of anilines is 1. The first kappa shape index (κ1) is 12.0. The number of hydrogen-bond acceptors (Lipinski definition) is 5. The molecule has 0 aromatic carbocycles. The van der Waals surface area contributed by atoms with Crippen LogP contribution in [0.3, 0.4) is 0 Å². The van der Waals surface area contributed by atoms with Gasteiger partial charge in [-0.2, -0.15) is 0 Å². The average Bonchev–Trinajstić information content (AvgIpc) is 2.88. The van der Waals surface area contributed by atoms with E-state index in [0.29, 0.717) is 6.54 Å². The summed E-state index contributed by atoms with van der Waals surface area (Å²) in [5, 5.41) is 3.10. The minimum Gasteiger partial charge on any atom is -0.350 e. The predicted octanol–water partition coefficient (Wildman–Crippen LogP) is 1.89. The quantitative estimate of drug-likeness (QED) is 0.848. The molecule has 17 heavy (non-hydrogen) atoms. The zero-order chi connectivity index (χ0) is 11.9. The van der Waals surface area contributed by atoms with E-state index in [4.69, 9.17) is 5.73 Å². The maximum atomic E-state index is 5.57. The number of thiazole rings is 1. The van der Waals surface area contributed by atoms with Crippen molar-refractivity contribution in [3.63, 3.8) is 0 Å². The lowest BCUT2D eigenvalue weighted by molar-refractivity contribution is 0.724. The molecule has 5 heteroatoms. The topological polar surface area (TPSA) is 55.0 Å². The Morgan fingerprint density at radius 1 is 1.24 bits per heavy atom. The standard InChI is InChI=1S/C12H16N4S/c13-5-3-8-16(10-12-15-7-9-17-12)11-4-1-2-6-14-11/h1-2,4,6-7,9H,3,5,8,10,13H2. The molecular weight excluding hydrogens is 232 g/mol. The smallest absolute Gasteiger partial charge is 0.128 e. The summed E-state index contributed by atoms with van der Waals surface area (Å²) in [4.78, 5) is 10.9. The SMILES string of the molecule is NCCCN(Cc1nccs1)c1ccccn1. The first-order chi connectivity index (χ1) is 8.40. The summed E-state index contributed by atoms with van der Waals surface area (Å²) in [5.41, 5.74) is 5.57. The van der Waals surface area contributed by atoms with Gasteiger partial charge in [-0.05, 0) is 25.1 Å². The molecule has 2 heterocycles. The van der Waals surface area contributed by atoms with Crippen LogP contribution in [0.1, 0.15) is 11.4 Å². The van der Waals surface area contributed by atoms with Crippen LogP contribution in [0.15, 0.2) is 36.0 Å². The number of pyridine rings is 1. The molecule has 0 fully saturated rings. The lowest BCUT2D eigenvalue weighted by Crippen LogP contribution is -2.26. The molecule has 0 aliphatic carbocycles. The fourth-order valence-electron chi connectivity index (χ4n) is 1.59. The number of hydrogen-bond donors (Lipinski definition) is 1. The summed E-state index contributed by atoms with van der Waals surface area (Å²) in [5.74, 6) is 0.983. The largest absolute Gasteiger partial charge is 0.350 e. The Labute approximate surface area is 105 Å². The second-order valence-electron chi connectivity index (χ2n) is 3.68. The Balaban J connectivity index is 2.08. The third-order valence-corrected chi connectivity index (χ3v) is 3.18. The zero-order valence-electron chi connectivity index (χ0n) is 9.62. The van der Waals surface area contributed by atoms with E-state index in [1.165, 1.54) is 0 Å². The van der Waals surface area contributed by atoms with Crippen LogP contribution in [0.5, 0.6) is 0 Å². The normalized spacial score (nSPS) is 10.4. The van der Waals surface area contributed by atoms with Crippen LogP contribution in [0.2, 0.25) is 0 Å². The molecule has 0 amide bonds. The van der Waals surface area contributed by atoms with Crippen molar-refractivity contribution in [3.05, 3.63) is 41.0 Å². The van der Waals surface area contributed by atoms with Crippen LogP contribution in [-0.4, -0.2) is 23.1 Å². The molecule has 0 aliphatic heterocycles. The van der Waals surface area contributed by atoms with Crippen LogP contribution < -0.4 is 10.6 Å². The summed E-state index contributed by atoms with van der Waals surface area (Å²) in [6.07, 6.45) is 4.61. The van der Waals surface area contributed by atoms with Crippen LogP contribution in [0, 0.1) is 0 Å². The molecule has 0 bridgehead atoms. The van der Waals surface area contributed by atoms with Gasteiger partial charge in [-0.3, -0.25) is 0 Å². The van der Waals surface area contributed by atoms with Gasteiger partial charge in [0.15, 0.2) is 0 Å². The van der Waals surface area contributed by atoms with Crippen LogP contribution in [-0.2, 0) is 6.54 Å². The van der Waals surface area contributed by atoms with E-state index in [1.807, 2.05) is 36.0 Å². The molecule has 2 aromatic rings. The first-order valence-electron chi connectivity index (χ1n) is 5.64. The van der Waals surface area contributed by atoms with Gasteiger partial charge in [-0.15, -0.1) is 11.3 Å². The Kier molecular flexibility index (Phi) is 4.46. The van der Waals surface area contributed by atoms with Gasteiger partial charge in [0, 0.05) is 24.3 Å². The molecule has 2 aromatic heterocycles. The molecule has 4 nitrogen and oxygen atoms in total. The van der Waals surface area contributed by atoms with Crippen molar-refractivity contribution in [2.75, 3.05) is 18.0 Å². The van der Waals surface area contributed by atoms with Gasteiger partial charge >= 0.3 is 0 Å². The van der Waals surface area contributed by atoms with Crippen LogP contribution in [0.25, 0.3) is 0 Å². The fraction of sp³-hybridized carbons (Fsp3) is 0.333. The lowest BCUT2D eigenvalue weighted by atomic mass is 10.3. The van der Waals surface area contributed by atoms with Gasteiger partial charge < -0.3 is 10.6 Å². The number of nitrogens with zero attached hydrogens (tertiary/aromatic N) is 3. The summed E-state index contributed by atoms with van der Waals surface area (Å²) in [6.45, 7) is 2.41. The number of rotatable bonds is 6. The van der Waals surface area contributed by atoms with E-state index < -0.39 is 0 Å². The van der Waals surface area contributed by atoms with Gasteiger partial charge in [0.2, 0.25) is 0 Å². The fourth-order valence-corrected chi connectivity index (χ4v) is 2.22. The number of aromatic nitrogens is 2. The van der Waals surface area contributed by atoms with E-state index in [9.17, 15) is 0 Å². The monoisotopic (exact) mass is 248 g/mol. The minimum absolute atomic E-state index is 0.696. The van der Waals surface area contributed by atoms with Gasteiger partial charge in [0.25, 0.3) is 0 Å². The Bertz CT molecular complexity index is 415. The first-order valence-corrected chi connectivity index (χ1v) is 6.52. The molecule has 0 saturated carbocycles. The molecule has 0 aliphatic rings. The van der Waals surface area contributed by atoms with Gasteiger partial charge in [-0.25, -0.2) is 9.97 Å². The molecular formula is C12H16N4S. The van der Waals surface area contributed by atoms with E-state index in [0.717, 1.165) is 30.3 Å². The molecule has 0 atom stereocenters. The van der Waals surface area contributed by atoms with Crippen molar-refractivity contribution in [1.29, 1.82) is 0 Å². The summed E-state index contributed by atoms with van der Waals surface area (Å²) in [6, 6.07) is 5.94. The van der Waals surface area contributed by atoms with E-state index >= 15 is 0 Å². The van der Waals surface area contributed by atoms with Crippen molar-refractivity contribution in [2.45, 2.75) is 13.0 Å². The summed E-state index contributed by atoms with van der Waals surface area (Å²) < 4.78 is 0. The van der Waals surface area contributed by atoms with Crippen molar-refractivity contribution >= 4 is 17.2 Å². The van der Waals surface area contributed by atoms with E-state index in [2.05, 4.69) is 14.9 Å². The highest BCUT2D eigenvalue weighted by molar-refractivity contribution is 7.09. The summed E-state index contributed by atoms with van der Waals surface area (Å²) in [7, 11) is 0. The van der Waals surface area contributed by atoms with Crippen LogP contribution >= 0.6 is 11.3 Å². The summed E-state index contributed by atoms with van der Waals surface area (Å²) >= 11 is 1.67. The maximum absolute atomic E-state index is 5.57. The molecule has 0 radical (unpaired) electrons. The minimum atomic E-state index is 0.696. The van der Waals surface area contributed by atoms with Gasteiger partial charge in [0.1, 0.15) is 10.8 Å². The third kappa shape index (κ3) is 3.51. The molecule has 0 saturated heterocycles. The second-order valence-corrected chi connectivity index (χ2v) is 4.66. The predicted molar refractivity (Wildman–Crippen MR) is 71.1 cm³/mol. The van der Waals surface area contributed by atoms with Crippen molar-refractivity contribution in [3.8, 4) is 0 Å². The third-order valence-electron chi connectivity index (χ3n) is 2.42. The van der Waals surface area contributed by atoms with E-state index in [1.54, 1.807) is 11.3 Å². The van der Waals surface area contributed by atoms with Gasteiger partial charge in [-0.1, -0.05) is 6.07 Å². The van der Waals surface area contributed by atoms with Crippen LogP contribution in [0.4, 0.5) is 5.82 Å². The van der Waals surface area contributed by atoms with Crippen molar-refractivity contribution < 1.29 is 0 Å². The zero-order valence-corrected chi connectivity index (χ0v) is 10.4. The van der Waals surface area contributed by atoms with Gasteiger partial charge in [0.05, 0.1) is 6.54 Å². The Morgan fingerprint density at radius 2 is 2.18 bits per heavy atom. The Morgan fingerprint density at radius 3 is 2.82 bits per heavy atom. The van der Waals surface area contributed by atoms with E-state index in [-0.39, 0.29) is 0 Å². The van der Waals surface area contributed by atoms with Crippen molar-refractivity contribution in [2.24, 2.45) is 5.73 Å². The molecule has 0 unspecified atom stereocenters.